The Bertz CT molecular complexity index is 450. The van der Waals surface area contributed by atoms with E-state index in [-0.39, 0.29) is 22.9 Å². The van der Waals surface area contributed by atoms with Gasteiger partial charge in [0.25, 0.3) is 11.6 Å². The maximum atomic E-state index is 11.6. The Labute approximate surface area is 102 Å². The van der Waals surface area contributed by atoms with Crippen LogP contribution in [0.25, 0.3) is 0 Å². The van der Waals surface area contributed by atoms with E-state index in [0.29, 0.717) is 0 Å². The standard InChI is InChI=1S/C10H11ClN2O4/c1-6(5-14)12-10(15)7-2-8(11)4-9(3-7)13(16)17/h2-4,6,14H,5H2,1H3,(H,12,15)/t6-/m0/s1. The van der Waals surface area contributed by atoms with Gasteiger partial charge in [0.15, 0.2) is 0 Å². The number of nitro groups is 1. The van der Waals surface area contributed by atoms with E-state index in [1.165, 1.54) is 6.07 Å². The Morgan fingerprint density at radius 3 is 2.76 bits per heavy atom. The fraction of sp³-hybridized carbons (Fsp3) is 0.300. The molecule has 0 saturated carbocycles. The first kappa shape index (κ1) is 13.4. The molecule has 0 aliphatic carbocycles. The van der Waals surface area contributed by atoms with Gasteiger partial charge in [-0.25, -0.2) is 0 Å². The number of aliphatic hydroxyl groups is 1. The minimum Gasteiger partial charge on any atom is -0.394 e. The lowest BCUT2D eigenvalue weighted by Gasteiger charge is -2.10. The number of nitro benzene ring substituents is 1. The predicted molar refractivity (Wildman–Crippen MR) is 62.1 cm³/mol. The van der Waals surface area contributed by atoms with Gasteiger partial charge in [-0.2, -0.15) is 0 Å². The fourth-order valence-electron chi connectivity index (χ4n) is 1.16. The third-order valence-electron chi connectivity index (χ3n) is 2.01. The summed E-state index contributed by atoms with van der Waals surface area (Å²) in [5.41, 5.74) is -0.163. The summed E-state index contributed by atoms with van der Waals surface area (Å²) in [7, 11) is 0. The van der Waals surface area contributed by atoms with Crippen LogP contribution in [0.15, 0.2) is 18.2 Å². The molecule has 1 atom stereocenters. The van der Waals surface area contributed by atoms with Crippen molar-refractivity contribution in [1.29, 1.82) is 0 Å². The third kappa shape index (κ3) is 3.69. The SMILES string of the molecule is C[C@@H](CO)NC(=O)c1cc(Cl)cc([N+](=O)[O-])c1. The Balaban J connectivity index is 2.97. The van der Waals surface area contributed by atoms with E-state index in [1.54, 1.807) is 6.92 Å². The number of rotatable bonds is 4. The van der Waals surface area contributed by atoms with Gasteiger partial charge in [0.05, 0.1) is 11.5 Å². The van der Waals surface area contributed by atoms with E-state index >= 15 is 0 Å². The van der Waals surface area contributed by atoms with Gasteiger partial charge in [-0.05, 0) is 13.0 Å². The summed E-state index contributed by atoms with van der Waals surface area (Å²) in [4.78, 5) is 21.6. The minimum absolute atomic E-state index is 0.0875. The van der Waals surface area contributed by atoms with Gasteiger partial charge in [-0.3, -0.25) is 14.9 Å². The number of nitrogens with one attached hydrogen (secondary N) is 1. The second kappa shape index (κ2) is 5.60. The van der Waals surface area contributed by atoms with Crippen LogP contribution < -0.4 is 5.32 Å². The molecular weight excluding hydrogens is 248 g/mol. The monoisotopic (exact) mass is 258 g/mol. The van der Waals surface area contributed by atoms with Crippen molar-refractivity contribution in [2.24, 2.45) is 0 Å². The molecule has 17 heavy (non-hydrogen) atoms. The lowest BCUT2D eigenvalue weighted by Crippen LogP contribution is -2.34. The molecule has 2 N–H and O–H groups in total. The van der Waals surface area contributed by atoms with Gasteiger partial charge in [0.1, 0.15) is 0 Å². The van der Waals surface area contributed by atoms with E-state index in [2.05, 4.69) is 5.32 Å². The van der Waals surface area contributed by atoms with Crippen molar-refractivity contribution < 1.29 is 14.8 Å². The molecular formula is C10H11ClN2O4. The zero-order valence-electron chi connectivity index (χ0n) is 9.01. The highest BCUT2D eigenvalue weighted by molar-refractivity contribution is 6.31. The third-order valence-corrected chi connectivity index (χ3v) is 2.23. The number of non-ortho nitro benzene ring substituents is 1. The average Bonchev–Trinajstić information content (AvgIpc) is 2.27. The van der Waals surface area contributed by atoms with Crippen molar-refractivity contribution in [2.45, 2.75) is 13.0 Å². The van der Waals surface area contributed by atoms with Gasteiger partial charge in [0.2, 0.25) is 0 Å². The number of hydrogen-bond acceptors (Lipinski definition) is 4. The molecule has 0 unspecified atom stereocenters. The van der Waals surface area contributed by atoms with Crippen molar-refractivity contribution in [1.82, 2.24) is 5.32 Å². The summed E-state index contributed by atoms with van der Waals surface area (Å²) in [6.45, 7) is 1.39. The predicted octanol–water partition coefficient (Wildman–Crippen LogP) is 1.36. The summed E-state index contributed by atoms with van der Waals surface area (Å²) >= 11 is 5.67. The molecule has 7 heteroatoms. The fourth-order valence-corrected chi connectivity index (χ4v) is 1.39. The van der Waals surface area contributed by atoms with Crippen LogP contribution in [0.4, 0.5) is 5.69 Å². The molecule has 0 aromatic heterocycles. The average molecular weight is 259 g/mol. The van der Waals surface area contributed by atoms with Crippen LogP contribution in [0.2, 0.25) is 5.02 Å². The molecule has 1 amide bonds. The van der Waals surface area contributed by atoms with Crippen LogP contribution >= 0.6 is 11.6 Å². The smallest absolute Gasteiger partial charge is 0.271 e. The van der Waals surface area contributed by atoms with Crippen LogP contribution in [-0.4, -0.2) is 28.6 Å². The topological polar surface area (TPSA) is 92.5 Å². The van der Waals surface area contributed by atoms with Crippen molar-refractivity contribution in [3.05, 3.63) is 38.9 Å². The minimum atomic E-state index is -0.627. The first-order valence-corrected chi connectivity index (χ1v) is 5.18. The summed E-state index contributed by atoms with van der Waals surface area (Å²) in [6, 6.07) is 3.19. The molecule has 6 nitrogen and oxygen atoms in total. The van der Waals surface area contributed by atoms with Gasteiger partial charge < -0.3 is 10.4 Å². The van der Waals surface area contributed by atoms with Crippen molar-refractivity contribution >= 4 is 23.2 Å². The molecule has 0 bridgehead atoms. The first-order valence-electron chi connectivity index (χ1n) is 4.80. The van der Waals surface area contributed by atoms with Crippen LogP contribution in [0.3, 0.4) is 0 Å². The Morgan fingerprint density at radius 1 is 1.59 bits per heavy atom. The molecule has 1 rings (SSSR count). The number of hydrogen-bond donors (Lipinski definition) is 2. The van der Waals surface area contributed by atoms with E-state index in [0.717, 1.165) is 12.1 Å². The normalized spacial score (nSPS) is 11.9. The molecule has 0 fully saturated rings. The van der Waals surface area contributed by atoms with E-state index in [9.17, 15) is 14.9 Å². The number of amides is 1. The summed E-state index contributed by atoms with van der Waals surface area (Å²) in [5, 5.41) is 21.9. The lowest BCUT2D eigenvalue weighted by molar-refractivity contribution is -0.384. The number of nitrogens with zero attached hydrogens (tertiary/aromatic N) is 1. The summed E-state index contributed by atoms with van der Waals surface area (Å²) < 4.78 is 0. The number of carbonyl (C=O) groups excluding carboxylic acids is 1. The van der Waals surface area contributed by atoms with Gasteiger partial charge in [-0.1, -0.05) is 11.6 Å². The Hall–Kier alpha value is -1.66. The highest BCUT2D eigenvalue weighted by atomic mass is 35.5. The summed E-state index contributed by atoms with van der Waals surface area (Å²) in [5.74, 6) is -0.517. The highest BCUT2D eigenvalue weighted by Gasteiger charge is 2.15. The van der Waals surface area contributed by atoms with E-state index in [1.807, 2.05) is 0 Å². The molecule has 0 radical (unpaired) electrons. The Kier molecular flexibility index (Phi) is 4.42. The highest BCUT2D eigenvalue weighted by Crippen LogP contribution is 2.20. The molecule has 1 aromatic carbocycles. The van der Waals surface area contributed by atoms with Crippen LogP contribution in [0.1, 0.15) is 17.3 Å². The molecule has 0 aliphatic heterocycles. The zero-order chi connectivity index (χ0) is 13.0. The molecule has 0 spiro atoms. The van der Waals surface area contributed by atoms with Crippen LogP contribution in [-0.2, 0) is 0 Å². The molecule has 92 valence electrons. The van der Waals surface area contributed by atoms with Gasteiger partial charge in [-0.15, -0.1) is 0 Å². The quantitative estimate of drug-likeness (QED) is 0.630. The number of halogens is 1. The maximum Gasteiger partial charge on any atom is 0.271 e. The van der Waals surface area contributed by atoms with Gasteiger partial charge in [0, 0.05) is 28.8 Å². The van der Waals surface area contributed by atoms with Crippen molar-refractivity contribution in [3.8, 4) is 0 Å². The van der Waals surface area contributed by atoms with Gasteiger partial charge >= 0.3 is 0 Å². The maximum absolute atomic E-state index is 11.6. The molecule has 0 aliphatic rings. The van der Waals surface area contributed by atoms with E-state index in [4.69, 9.17) is 16.7 Å². The largest absolute Gasteiger partial charge is 0.394 e. The molecule has 1 aromatic rings. The second-order valence-corrected chi connectivity index (χ2v) is 3.95. The number of benzene rings is 1. The molecule has 0 heterocycles. The Morgan fingerprint density at radius 2 is 2.24 bits per heavy atom. The second-order valence-electron chi connectivity index (χ2n) is 3.51. The van der Waals surface area contributed by atoms with Crippen molar-refractivity contribution in [2.75, 3.05) is 6.61 Å². The van der Waals surface area contributed by atoms with Crippen molar-refractivity contribution in [3.63, 3.8) is 0 Å². The molecule has 0 saturated heterocycles. The number of aliphatic hydroxyl groups excluding tert-OH is 1. The summed E-state index contributed by atoms with van der Waals surface area (Å²) in [6.07, 6.45) is 0. The van der Waals surface area contributed by atoms with Crippen LogP contribution in [0.5, 0.6) is 0 Å². The van der Waals surface area contributed by atoms with Crippen LogP contribution in [0, 0.1) is 10.1 Å². The lowest BCUT2D eigenvalue weighted by atomic mass is 10.2. The number of carbonyl (C=O) groups is 1. The van der Waals surface area contributed by atoms with E-state index < -0.39 is 16.9 Å². The first-order chi connectivity index (χ1) is 7.93. The zero-order valence-corrected chi connectivity index (χ0v) is 9.77.